The van der Waals surface area contributed by atoms with Crippen molar-refractivity contribution in [1.29, 1.82) is 5.26 Å². The highest BCUT2D eigenvalue weighted by atomic mass is 79.9. The molecule has 0 N–H and O–H groups in total. The summed E-state index contributed by atoms with van der Waals surface area (Å²) in [5.41, 5.74) is 1.26. The molecule has 1 heterocycles. The number of hydrogen-bond donors (Lipinski definition) is 0. The molecular weight excluding hydrogens is 522 g/mol. The minimum atomic E-state index is -4.56. The molecule has 1 aliphatic carbocycles. The van der Waals surface area contributed by atoms with E-state index in [1.54, 1.807) is 6.20 Å². The average Bonchev–Trinajstić information content (AvgIpc) is 2.87. The molecule has 1 aromatic carbocycles. The number of hydrogen-bond acceptors (Lipinski definition) is 2. The van der Waals surface area contributed by atoms with Crippen molar-refractivity contribution in [3.8, 4) is 11.8 Å². The van der Waals surface area contributed by atoms with Gasteiger partial charge in [0.05, 0.1) is 19.0 Å². The fourth-order valence-corrected chi connectivity index (χ4v) is 4.05. The molecule has 0 aliphatic heterocycles. The molecule has 1 saturated carbocycles. The number of alkyl halides is 3. The first-order chi connectivity index (χ1) is 12.1. The van der Waals surface area contributed by atoms with Crippen molar-refractivity contribution >= 4 is 55.1 Å². The van der Waals surface area contributed by atoms with Gasteiger partial charge >= 0.3 is 6.18 Å². The highest BCUT2D eigenvalue weighted by Crippen LogP contribution is 2.46. The van der Waals surface area contributed by atoms with Gasteiger partial charge in [0.2, 0.25) is 0 Å². The number of allylic oxidation sites excluding steroid dienone is 1. The van der Waals surface area contributed by atoms with Crippen molar-refractivity contribution in [3.63, 3.8) is 0 Å². The molecule has 0 amide bonds. The van der Waals surface area contributed by atoms with Crippen LogP contribution < -0.4 is 0 Å². The van der Waals surface area contributed by atoms with Crippen molar-refractivity contribution in [2.24, 2.45) is 0 Å². The highest BCUT2D eigenvalue weighted by Gasteiger charge is 2.33. The van der Waals surface area contributed by atoms with Gasteiger partial charge in [0.15, 0.2) is 5.69 Å². The molecule has 1 aromatic heterocycles. The summed E-state index contributed by atoms with van der Waals surface area (Å²) in [4.78, 5) is 0. The van der Waals surface area contributed by atoms with Gasteiger partial charge in [0.1, 0.15) is 11.8 Å². The Bertz CT molecular complexity index is 926. The molecule has 1 aliphatic rings. The van der Waals surface area contributed by atoms with Gasteiger partial charge in [-0.3, -0.25) is 0 Å². The number of benzene rings is 1. The van der Waals surface area contributed by atoms with E-state index in [1.807, 2.05) is 6.07 Å². The van der Waals surface area contributed by atoms with Crippen LogP contribution in [0.4, 0.5) is 13.2 Å². The molecule has 0 radical (unpaired) electrons. The maximum absolute atomic E-state index is 12.9. The Morgan fingerprint density at radius 3 is 2.27 bits per heavy atom. The fourth-order valence-electron chi connectivity index (χ4n) is 2.74. The first kappa shape index (κ1) is 19.7. The first-order valence-corrected chi connectivity index (χ1v) is 9.55. The van der Waals surface area contributed by atoms with Crippen LogP contribution in [-0.2, 0) is 6.18 Å². The largest absolute Gasteiger partial charge is 0.416 e. The molecule has 3 nitrogen and oxygen atoms in total. The van der Waals surface area contributed by atoms with Crippen molar-refractivity contribution in [2.45, 2.75) is 24.9 Å². The summed E-state index contributed by atoms with van der Waals surface area (Å²) in [5, 5.41) is 13.1. The van der Waals surface area contributed by atoms with E-state index in [0.29, 0.717) is 5.56 Å². The van der Waals surface area contributed by atoms with Gasteiger partial charge in [0, 0.05) is 11.8 Å². The van der Waals surface area contributed by atoms with Crippen LogP contribution in [0.3, 0.4) is 0 Å². The summed E-state index contributed by atoms with van der Waals surface area (Å²) in [6, 6.07) is 3.60. The number of nitriles is 1. The first-order valence-electron chi connectivity index (χ1n) is 7.21. The van der Waals surface area contributed by atoms with Crippen molar-refractivity contribution in [3.05, 3.63) is 54.2 Å². The van der Waals surface area contributed by atoms with E-state index >= 15 is 0 Å². The second-order valence-electron chi connectivity index (χ2n) is 5.74. The Morgan fingerprint density at radius 1 is 1.23 bits per heavy atom. The lowest BCUT2D eigenvalue weighted by molar-refractivity contribution is -0.137. The van der Waals surface area contributed by atoms with Gasteiger partial charge < -0.3 is 0 Å². The molecule has 10 heteroatoms. The predicted molar refractivity (Wildman–Crippen MR) is 100 cm³/mol. The third-order valence-corrected chi connectivity index (χ3v) is 5.81. The molecule has 2 aromatic rings. The quantitative estimate of drug-likeness (QED) is 0.422. The van der Waals surface area contributed by atoms with Crippen LogP contribution in [-0.4, -0.2) is 9.78 Å². The molecular formula is C16H8Br2Cl2F3N3. The minimum absolute atomic E-state index is 0.102. The lowest BCUT2D eigenvalue weighted by Crippen LogP contribution is -2.13. The topological polar surface area (TPSA) is 41.6 Å². The molecule has 0 saturated heterocycles. The summed E-state index contributed by atoms with van der Waals surface area (Å²) < 4.78 is 40.8. The van der Waals surface area contributed by atoms with E-state index < -0.39 is 11.7 Å². The summed E-state index contributed by atoms with van der Waals surface area (Å²) in [5.74, 6) is 0.102. The van der Waals surface area contributed by atoms with Crippen LogP contribution in [0.1, 0.15) is 35.6 Å². The maximum Gasteiger partial charge on any atom is 0.416 e. The normalized spacial score (nSPS) is 17.0. The zero-order chi connectivity index (χ0) is 19.2. The van der Waals surface area contributed by atoms with E-state index in [2.05, 4.69) is 37.0 Å². The van der Waals surface area contributed by atoms with Gasteiger partial charge in [0.25, 0.3) is 0 Å². The Balaban J connectivity index is 2.02. The van der Waals surface area contributed by atoms with Gasteiger partial charge in [-0.1, -0.05) is 23.2 Å². The monoisotopic (exact) mass is 527 g/mol. The summed E-state index contributed by atoms with van der Waals surface area (Å²) in [6.45, 7) is 0. The lowest BCUT2D eigenvalue weighted by atomic mass is 9.77. The van der Waals surface area contributed by atoms with Crippen LogP contribution in [0, 0.1) is 11.3 Å². The molecule has 0 spiro atoms. The predicted octanol–water partition coefficient (Wildman–Crippen LogP) is 6.95. The van der Waals surface area contributed by atoms with Crippen LogP contribution in [0.15, 0.2) is 27.3 Å². The Labute approximate surface area is 173 Å². The average molecular weight is 530 g/mol. The van der Waals surface area contributed by atoms with Crippen molar-refractivity contribution < 1.29 is 13.2 Å². The van der Waals surface area contributed by atoms with E-state index in [0.717, 1.165) is 28.4 Å². The standard InChI is InChI=1S/C16H8Br2Cl2F3N3/c17-15(18)8-1-7(2-8)10-6-26(25-13(10)5-24)14-11(19)3-9(4-12(14)20)16(21,22)23/h3-4,6-7H,1-2H2. The highest BCUT2D eigenvalue weighted by molar-refractivity contribution is 9.28. The van der Waals surface area contributed by atoms with Crippen LogP contribution >= 0.6 is 55.1 Å². The smallest absolute Gasteiger partial charge is 0.236 e. The Morgan fingerprint density at radius 2 is 1.81 bits per heavy atom. The third-order valence-electron chi connectivity index (χ3n) is 4.11. The van der Waals surface area contributed by atoms with E-state index in [9.17, 15) is 18.4 Å². The van der Waals surface area contributed by atoms with E-state index in [4.69, 9.17) is 23.2 Å². The van der Waals surface area contributed by atoms with Crippen molar-refractivity contribution in [2.75, 3.05) is 0 Å². The van der Waals surface area contributed by atoms with Crippen LogP contribution in [0.2, 0.25) is 10.0 Å². The molecule has 0 atom stereocenters. The number of nitrogens with zero attached hydrogens (tertiary/aromatic N) is 3. The summed E-state index contributed by atoms with van der Waals surface area (Å²) in [6.07, 6.45) is -1.46. The van der Waals surface area contributed by atoms with Gasteiger partial charge in [-0.2, -0.15) is 23.5 Å². The second-order valence-corrected chi connectivity index (χ2v) is 9.21. The van der Waals surface area contributed by atoms with Crippen LogP contribution in [0.25, 0.3) is 5.69 Å². The third kappa shape index (κ3) is 3.68. The van der Waals surface area contributed by atoms with E-state index in [-0.39, 0.29) is 27.3 Å². The number of aromatic nitrogens is 2. The van der Waals surface area contributed by atoms with Crippen LogP contribution in [0.5, 0.6) is 0 Å². The fraction of sp³-hybridized carbons (Fsp3) is 0.250. The summed E-state index contributed by atoms with van der Waals surface area (Å²) in [7, 11) is 0. The molecule has 0 bridgehead atoms. The van der Waals surface area contributed by atoms with Crippen molar-refractivity contribution in [1.82, 2.24) is 9.78 Å². The second kappa shape index (κ2) is 7.19. The summed E-state index contributed by atoms with van der Waals surface area (Å²) >= 11 is 18.8. The molecule has 1 fully saturated rings. The minimum Gasteiger partial charge on any atom is -0.236 e. The molecule has 3 rings (SSSR count). The maximum atomic E-state index is 12.9. The Kier molecular flexibility index (Phi) is 5.46. The van der Waals surface area contributed by atoms with Gasteiger partial charge in [-0.25, -0.2) is 4.68 Å². The SMILES string of the molecule is N#Cc1nn(-c2c(Cl)cc(C(F)(F)F)cc2Cl)cc1C1CC(=C(Br)Br)C1. The number of halogens is 7. The molecule has 136 valence electrons. The van der Waals surface area contributed by atoms with Gasteiger partial charge in [-0.05, 0) is 68.3 Å². The molecule has 26 heavy (non-hydrogen) atoms. The number of rotatable bonds is 2. The zero-order valence-corrected chi connectivity index (χ0v) is 17.4. The van der Waals surface area contributed by atoms with Gasteiger partial charge in [-0.15, -0.1) is 0 Å². The zero-order valence-electron chi connectivity index (χ0n) is 12.7. The lowest BCUT2D eigenvalue weighted by Gasteiger charge is -2.29. The van der Waals surface area contributed by atoms with E-state index in [1.165, 1.54) is 10.3 Å². The molecule has 0 unspecified atom stereocenters. The Hall–Kier alpha value is -1.01.